The maximum Gasteiger partial charge on any atom is 0.138 e. The number of Topliss-reactive ketones (excluding diaryl/α,β-unsaturated/α-hetero) is 1. The number of thioether (sulfide) groups is 1. The first-order valence-corrected chi connectivity index (χ1v) is 9.55. The number of carbonyl (C=O) groups is 1. The molecule has 0 aromatic rings. The number of hydrogen-bond acceptors (Lipinski definition) is 3. The van der Waals surface area contributed by atoms with Crippen LogP contribution in [-0.4, -0.2) is 24.6 Å². The highest BCUT2D eigenvalue weighted by Crippen LogP contribution is 2.56. The number of hydrogen-bond donors (Lipinski definition) is 1. The molecule has 0 amide bonds. The lowest BCUT2D eigenvalue weighted by atomic mass is 9.72. The summed E-state index contributed by atoms with van der Waals surface area (Å²) >= 11 is 2.03. The zero-order chi connectivity index (χ0) is 15.9. The molecule has 3 aliphatic rings. The number of ketones is 1. The van der Waals surface area contributed by atoms with Crippen LogP contribution in [0.2, 0.25) is 0 Å². The second kappa shape index (κ2) is 6.16. The molecule has 2 aliphatic carbocycles. The summed E-state index contributed by atoms with van der Waals surface area (Å²) in [4.78, 5) is 14.0. The van der Waals surface area contributed by atoms with Crippen molar-refractivity contribution in [3.8, 4) is 0 Å². The van der Waals surface area contributed by atoms with Crippen molar-refractivity contribution >= 4 is 17.5 Å². The van der Waals surface area contributed by atoms with Crippen LogP contribution >= 0.6 is 11.8 Å². The monoisotopic (exact) mass is 319 g/mol. The standard InChI is InChI=1S/C19H29NOS/c1-12(21)17-15-10-19(2,3)9-8-16(15)22-18(17)14-7-5-6-13(14)11-20-4/h17-18,20H,5-11H2,1-4H3. The van der Waals surface area contributed by atoms with Gasteiger partial charge in [-0.15, -0.1) is 11.8 Å². The first-order valence-electron chi connectivity index (χ1n) is 8.67. The van der Waals surface area contributed by atoms with Gasteiger partial charge < -0.3 is 5.32 Å². The molecular formula is C19H29NOS. The summed E-state index contributed by atoms with van der Waals surface area (Å²) < 4.78 is 0. The van der Waals surface area contributed by atoms with Gasteiger partial charge in [-0.3, -0.25) is 4.79 Å². The van der Waals surface area contributed by atoms with Gasteiger partial charge in [0, 0.05) is 11.8 Å². The van der Waals surface area contributed by atoms with E-state index >= 15 is 0 Å². The molecule has 1 N–H and O–H groups in total. The second-order valence-electron chi connectivity index (χ2n) is 7.93. The quantitative estimate of drug-likeness (QED) is 0.775. The van der Waals surface area contributed by atoms with Crippen LogP contribution in [0.15, 0.2) is 21.6 Å². The largest absolute Gasteiger partial charge is 0.316 e. The molecule has 2 nitrogen and oxygen atoms in total. The third-order valence-electron chi connectivity index (χ3n) is 5.55. The molecule has 2 atom stereocenters. The zero-order valence-electron chi connectivity index (χ0n) is 14.4. The van der Waals surface area contributed by atoms with Crippen molar-refractivity contribution in [3.05, 3.63) is 21.6 Å². The van der Waals surface area contributed by atoms with E-state index < -0.39 is 0 Å². The molecule has 122 valence electrons. The van der Waals surface area contributed by atoms with Crippen molar-refractivity contribution < 1.29 is 4.79 Å². The third-order valence-corrected chi connectivity index (χ3v) is 7.12. The summed E-state index contributed by atoms with van der Waals surface area (Å²) in [6.07, 6.45) is 7.24. The molecule has 3 rings (SSSR count). The Labute approximate surface area is 139 Å². The van der Waals surface area contributed by atoms with Crippen LogP contribution in [0, 0.1) is 11.3 Å². The van der Waals surface area contributed by atoms with Crippen LogP contribution in [0.1, 0.15) is 59.3 Å². The van der Waals surface area contributed by atoms with Crippen LogP contribution in [0.3, 0.4) is 0 Å². The average Bonchev–Trinajstić information content (AvgIpc) is 3.01. The average molecular weight is 320 g/mol. The van der Waals surface area contributed by atoms with E-state index in [1.165, 1.54) is 37.7 Å². The predicted molar refractivity (Wildman–Crippen MR) is 95.0 cm³/mol. The fraction of sp³-hybridized carbons (Fsp3) is 0.737. The molecule has 0 saturated heterocycles. The van der Waals surface area contributed by atoms with Gasteiger partial charge in [-0.25, -0.2) is 0 Å². The number of nitrogens with one attached hydrogen (secondary N) is 1. The summed E-state index contributed by atoms with van der Waals surface area (Å²) in [7, 11) is 2.03. The van der Waals surface area contributed by atoms with Crippen molar-refractivity contribution in [2.24, 2.45) is 11.3 Å². The number of carbonyl (C=O) groups excluding carboxylic acids is 1. The molecule has 0 aromatic heterocycles. The predicted octanol–water partition coefficient (Wildman–Crippen LogP) is 4.47. The van der Waals surface area contributed by atoms with E-state index in [0.717, 1.165) is 13.0 Å². The minimum absolute atomic E-state index is 0.152. The van der Waals surface area contributed by atoms with Crippen molar-refractivity contribution in [3.63, 3.8) is 0 Å². The topological polar surface area (TPSA) is 29.1 Å². The second-order valence-corrected chi connectivity index (χ2v) is 9.17. The maximum absolute atomic E-state index is 12.5. The first kappa shape index (κ1) is 16.3. The van der Waals surface area contributed by atoms with Crippen LogP contribution in [0.25, 0.3) is 0 Å². The van der Waals surface area contributed by atoms with Crippen LogP contribution in [0.5, 0.6) is 0 Å². The van der Waals surface area contributed by atoms with Crippen LogP contribution < -0.4 is 5.32 Å². The fourth-order valence-electron chi connectivity index (χ4n) is 4.46. The van der Waals surface area contributed by atoms with E-state index in [4.69, 9.17) is 0 Å². The van der Waals surface area contributed by atoms with Gasteiger partial charge in [0.2, 0.25) is 0 Å². The molecule has 0 fully saturated rings. The Hall–Kier alpha value is -0.540. The molecule has 0 spiro atoms. The zero-order valence-corrected chi connectivity index (χ0v) is 15.2. The molecule has 0 bridgehead atoms. The molecule has 3 heteroatoms. The summed E-state index contributed by atoms with van der Waals surface area (Å²) in [6.45, 7) is 7.51. The van der Waals surface area contributed by atoms with Crippen molar-refractivity contribution in [2.75, 3.05) is 13.6 Å². The van der Waals surface area contributed by atoms with E-state index in [2.05, 4.69) is 19.2 Å². The normalized spacial score (nSPS) is 30.9. The molecule has 1 aliphatic heterocycles. The van der Waals surface area contributed by atoms with E-state index in [0.29, 0.717) is 16.4 Å². The van der Waals surface area contributed by atoms with Gasteiger partial charge in [-0.2, -0.15) is 0 Å². The molecule has 0 saturated carbocycles. The van der Waals surface area contributed by atoms with E-state index in [1.54, 1.807) is 16.1 Å². The highest BCUT2D eigenvalue weighted by molar-refractivity contribution is 8.04. The fourth-order valence-corrected chi connectivity index (χ4v) is 6.25. The molecular weight excluding hydrogens is 290 g/mol. The Kier molecular flexibility index (Phi) is 4.57. The van der Waals surface area contributed by atoms with Crippen molar-refractivity contribution in [2.45, 2.75) is 64.5 Å². The van der Waals surface area contributed by atoms with Gasteiger partial charge in [-0.05, 0) is 68.4 Å². The van der Waals surface area contributed by atoms with Gasteiger partial charge >= 0.3 is 0 Å². The first-order chi connectivity index (χ1) is 10.4. The Balaban J connectivity index is 1.92. The van der Waals surface area contributed by atoms with Gasteiger partial charge in [0.1, 0.15) is 5.78 Å². The molecule has 0 aromatic carbocycles. The number of likely N-dealkylation sites (N-methyl/N-ethyl adjacent to an activating group) is 1. The van der Waals surface area contributed by atoms with Gasteiger partial charge in [-0.1, -0.05) is 25.0 Å². The highest BCUT2D eigenvalue weighted by Gasteiger charge is 2.44. The molecule has 22 heavy (non-hydrogen) atoms. The van der Waals surface area contributed by atoms with E-state index in [1.807, 2.05) is 25.7 Å². The maximum atomic E-state index is 12.5. The summed E-state index contributed by atoms with van der Waals surface area (Å²) in [5.74, 6) is 0.530. The number of allylic oxidation sites excluding steroid dienone is 2. The van der Waals surface area contributed by atoms with Gasteiger partial charge in [0.25, 0.3) is 0 Å². The highest BCUT2D eigenvalue weighted by atomic mass is 32.2. The van der Waals surface area contributed by atoms with Crippen LogP contribution in [-0.2, 0) is 4.79 Å². The lowest BCUT2D eigenvalue weighted by Crippen LogP contribution is -2.28. The van der Waals surface area contributed by atoms with Crippen LogP contribution in [0.4, 0.5) is 0 Å². The van der Waals surface area contributed by atoms with Gasteiger partial charge in [0.05, 0.1) is 5.92 Å². The Morgan fingerprint density at radius 1 is 1.27 bits per heavy atom. The van der Waals surface area contributed by atoms with Crippen molar-refractivity contribution in [1.29, 1.82) is 0 Å². The SMILES string of the molecule is CNCC1=C(C2SC3=C(CC(C)(C)CC3)C2C(C)=O)CCC1. The lowest BCUT2D eigenvalue weighted by molar-refractivity contribution is -0.119. The Morgan fingerprint density at radius 2 is 2.05 bits per heavy atom. The third kappa shape index (κ3) is 2.94. The smallest absolute Gasteiger partial charge is 0.138 e. The summed E-state index contributed by atoms with van der Waals surface area (Å²) in [5, 5.41) is 3.72. The Morgan fingerprint density at radius 3 is 2.73 bits per heavy atom. The summed E-state index contributed by atoms with van der Waals surface area (Å²) in [6, 6.07) is 0. The van der Waals surface area contributed by atoms with Crippen molar-refractivity contribution in [1.82, 2.24) is 5.32 Å². The van der Waals surface area contributed by atoms with Gasteiger partial charge in [0.15, 0.2) is 0 Å². The molecule has 1 heterocycles. The minimum atomic E-state index is 0.152. The Bertz CT molecular complexity index is 544. The molecule has 2 unspecified atom stereocenters. The molecule has 0 radical (unpaired) electrons. The minimum Gasteiger partial charge on any atom is -0.316 e. The number of rotatable bonds is 4. The van der Waals surface area contributed by atoms with E-state index in [9.17, 15) is 4.79 Å². The van der Waals surface area contributed by atoms with E-state index in [-0.39, 0.29) is 5.92 Å². The summed E-state index contributed by atoms with van der Waals surface area (Å²) in [5.41, 5.74) is 5.01. The lowest BCUT2D eigenvalue weighted by Gasteiger charge is -2.32.